The van der Waals surface area contributed by atoms with Gasteiger partial charge in [-0.2, -0.15) is 0 Å². The van der Waals surface area contributed by atoms with Gasteiger partial charge in [-0.1, -0.05) is 0 Å². The fraction of sp³-hybridized carbons (Fsp3) is 0.667. The van der Waals surface area contributed by atoms with Gasteiger partial charge in [0.25, 0.3) is 0 Å². The van der Waals surface area contributed by atoms with Gasteiger partial charge in [-0.15, -0.1) is 0 Å². The summed E-state index contributed by atoms with van der Waals surface area (Å²) in [6.45, 7) is 2.04. The molecule has 3 heteroatoms. The summed E-state index contributed by atoms with van der Waals surface area (Å²) in [5, 5.41) is 0. The topological polar surface area (TPSA) is 15.6 Å². The first-order valence-corrected chi connectivity index (χ1v) is 2.75. The van der Waals surface area contributed by atoms with Crippen LogP contribution in [0.25, 0.3) is 0 Å². The van der Waals surface area contributed by atoms with Crippen molar-refractivity contribution >= 4 is 6.34 Å². The van der Waals surface area contributed by atoms with E-state index in [0.717, 1.165) is 13.1 Å². The van der Waals surface area contributed by atoms with Crippen LogP contribution in [0.2, 0.25) is 0 Å². The average Bonchev–Trinajstić information content (AvgIpc) is 1.86. The summed E-state index contributed by atoms with van der Waals surface area (Å²) >= 11 is 2.38. The molecule has 0 saturated heterocycles. The van der Waals surface area contributed by atoms with Gasteiger partial charge in [-0.05, 0) is 0 Å². The molecule has 0 N–H and O–H groups in total. The Morgan fingerprint density at radius 2 is 2.67 bits per heavy atom. The second kappa shape index (κ2) is 1.78. The van der Waals surface area contributed by atoms with Crippen LogP contribution in [0.5, 0.6) is 0 Å². The Kier molecular flexibility index (Phi) is 1.29. The predicted octanol–water partition coefficient (Wildman–Crippen LogP) is -0.208. The van der Waals surface area contributed by atoms with Gasteiger partial charge in [0, 0.05) is 0 Å². The molecule has 0 radical (unpaired) electrons. The van der Waals surface area contributed by atoms with Gasteiger partial charge >= 0.3 is 49.1 Å². The summed E-state index contributed by atoms with van der Waals surface area (Å²) in [6, 6.07) is 0. The van der Waals surface area contributed by atoms with Gasteiger partial charge in [0.05, 0.1) is 0 Å². The molecule has 1 aliphatic heterocycles. The molecule has 0 unspecified atom stereocenters. The van der Waals surface area contributed by atoms with E-state index in [-0.39, 0.29) is 0 Å². The standard InChI is InChI=1S/C3H5N2.Au/c1-2-5-3-4-1;/h3H,1-2H2;/q-1;+1. The van der Waals surface area contributed by atoms with Gasteiger partial charge in [0.2, 0.25) is 0 Å². The zero-order valence-corrected chi connectivity index (χ0v) is 5.35. The molecule has 0 bridgehead atoms. The molecule has 0 spiro atoms. The van der Waals surface area contributed by atoms with Crippen LogP contribution in [0.3, 0.4) is 0 Å². The van der Waals surface area contributed by atoms with Gasteiger partial charge in [-0.25, -0.2) is 0 Å². The molecule has 0 aromatic carbocycles. The molecule has 1 aliphatic rings. The van der Waals surface area contributed by atoms with E-state index < -0.39 is 0 Å². The molecule has 0 saturated carbocycles. The van der Waals surface area contributed by atoms with Crippen molar-refractivity contribution < 1.29 is 21.3 Å². The second-order valence-corrected chi connectivity index (χ2v) is 2.35. The Labute approximate surface area is 49.5 Å². The number of aliphatic imine (C=N–C) groups is 1. The Bertz CT molecular complexity index is 71.2. The van der Waals surface area contributed by atoms with Gasteiger partial charge in [0.1, 0.15) is 0 Å². The maximum absolute atomic E-state index is 3.95. The first-order valence-electron chi connectivity index (χ1n) is 1.78. The molecule has 0 aromatic rings. The van der Waals surface area contributed by atoms with Crippen molar-refractivity contribution in [2.75, 3.05) is 13.1 Å². The molecular formula is C3H5AuN2. The molecule has 6 heavy (non-hydrogen) atoms. The minimum atomic E-state index is 0.969. The van der Waals surface area contributed by atoms with E-state index in [1.165, 1.54) is 0 Å². The summed E-state index contributed by atoms with van der Waals surface area (Å²) in [6.07, 6.45) is 1.84. The Morgan fingerprint density at radius 3 is 2.83 bits per heavy atom. The van der Waals surface area contributed by atoms with Crippen LogP contribution >= 0.6 is 0 Å². The molecule has 1 rings (SSSR count). The minimum absolute atomic E-state index is 0.969. The molecule has 38 valence electrons. The Hall–Kier alpha value is 0.210. The maximum atomic E-state index is 3.95. The first kappa shape index (κ1) is 4.37. The SMILES string of the molecule is [Au][N]1C=NCC1. The fourth-order valence-corrected chi connectivity index (χ4v) is 0.737. The van der Waals surface area contributed by atoms with Crippen LogP contribution < -0.4 is 0 Å². The van der Waals surface area contributed by atoms with Gasteiger partial charge in [-0.3, -0.25) is 0 Å². The summed E-state index contributed by atoms with van der Waals surface area (Å²) < 4.78 is 2.01. The van der Waals surface area contributed by atoms with E-state index in [4.69, 9.17) is 0 Å². The number of hydrogen-bond donors (Lipinski definition) is 0. The van der Waals surface area contributed by atoms with Crippen molar-refractivity contribution in [3.05, 3.63) is 0 Å². The van der Waals surface area contributed by atoms with Crippen molar-refractivity contribution in [2.45, 2.75) is 0 Å². The van der Waals surface area contributed by atoms with E-state index in [1.54, 1.807) is 0 Å². The summed E-state index contributed by atoms with van der Waals surface area (Å²) in [4.78, 5) is 3.95. The molecule has 1 heterocycles. The van der Waals surface area contributed by atoms with Crippen molar-refractivity contribution in [3.63, 3.8) is 0 Å². The van der Waals surface area contributed by atoms with Crippen LogP contribution in [-0.2, 0) is 21.3 Å². The molecule has 0 atom stereocenters. The Balaban J connectivity index is 2.38. The van der Waals surface area contributed by atoms with E-state index in [2.05, 4.69) is 26.3 Å². The molecule has 0 aliphatic carbocycles. The first-order chi connectivity index (χ1) is 2.89. The second-order valence-electron chi connectivity index (χ2n) is 1.10. The predicted molar refractivity (Wildman–Crippen MR) is 20.1 cm³/mol. The van der Waals surface area contributed by atoms with E-state index in [0.29, 0.717) is 0 Å². The number of nitrogens with zero attached hydrogens (tertiary/aromatic N) is 2. The van der Waals surface area contributed by atoms with Crippen molar-refractivity contribution in [3.8, 4) is 0 Å². The van der Waals surface area contributed by atoms with Gasteiger partial charge < -0.3 is 0 Å². The van der Waals surface area contributed by atoms with E-state index >= 15 is 0 Å². The third-order valence-electron chi connectivity index (χ3n) is 0.624. The van der Waals surface area contributed by atoms with Crippen molar-refractivity contribution in [1.29, 1.82) is 0 Å². The van der Waals surface area contributed by atoms with Crippen LogP contribution in [0.15, 0.2) is 4.99 Å². The van der Waals surface area contributed by atoms with Crippen LogP contribution in [0.4, 0.5) is 0 Å². The third kappa shape index (κ3) is 0.835. The monoisotopic (exact) mass is 266 g/mol. The summed E-state index contributed by atoms with van der Waals surface area (Å²) in [7, 11) is 0. The van der Waals surface area contributed by atoms with E-state index in [9.17, 15) is 0 Å². The number of rotatable bonds is 0. The average molecular weight is 266 g/mol. The molecule has 0 amide bonds. The quantitative estimate of drug-likeness (QED) is 0.554. The van der Waals surface area contributed by atoms with Crippen LogP contribution in [0.1, 0.15) is 0 Å². The molecule has 0 fully saturated rings. The van der Waals surface area contributed by atoms with Gasteiger partial charge in [0.15, 0.2) is 0 Å². The zero-order chi connectivity index (χ0) is 4.41. The molecule has 0 aromatic heterocycles. The number of hydrogen-bond acceptors (Lipinski definition) is 2. The van der Waals surface area contributed by atoms with E-state index in [1.807, 2.05) is 9.64 Å². The molecule has 2 nitrogen and oxygen atoms in total. The van der Waals surface area contributed by atoms with Crippen molar-refractivity contribution in [2.24, 2.45) is 4.99 Å². The third-order valence-corrected chi connectivity index (χ3v) is 1.36. The summed E-state index contributed by atoms with van der Waals surface area (Å²) in [5.74, 6) is 0. The zero-order valence-electron chi connectivity index (χ0n) is 3.19. The molecular weight excluding hydrogens is 261 g/mol. The normalized spacial score (nSPS) is 20.0. The fourth-order valence-electron chi connectivity index (χ4n) is 0.343. The summed E-state index contributed by atoms with van der Waals surface area (Å²) in [5.41, 5.74) is 0. The van der Waals surface area contributed by atoms with Crippen LogP contribution in [0, 0.1) is 0 Å². The van der Waals surface area contributed by atoms with Crippen LogP contribution in [-0.4, -0.2) is 22.7 Å². The Morgan fingerprint density at radius 1 is 1.83 bits per heavy atom. The van der Waals surface area contributed by atoms with Crippen molar-refractivity contribution in [1.82, 2.24) is 3.30 Å².